The predicted molar refractivity (Wildman–Crippen MR) is 74.5 cm³/mol. The minimum Gasteiger partial charge on any atom is -0.481 e. The Balaban J connectivity index is 3.21. The van der Waals surface area contributed by atoms with Gasteiger partial charge in [0.1, 0.15) is 0 Å². The van der Waals surface area contributed by atoms with Crippen molar-refractivity contribution in [3.8, 4) is 0 Å². The molecule has 0 unspecified atom stereocenters. The second-order valence-corrected chi connectivity index (χ2v) is 6.78. The van der Waals surface area contributed by atoms with Gasteiger partial charge in [0.15, 0.2) is 0 Å². The molecule has 0 radical (unpaired) electrons. The van der Waals surface area contributed by atoms with Crippen LogP contribution in [-0.4, -0.2) is 31.3 Å². The number of benzene rings is 1. The molecule has 0 fully saturated rings. The number of aliphatic carboxylic acids is 1. The van der Waals surface area contributed by atoms with Crippen LogP contribution < -0.4 is 10.0 Å². The molecule has 0 aliphatic heterocycles. The van der Waals surface area contributed by atoms with Crippen molar-refractivity contribution in [1.82, 2.24) is 0 Å². The Morgan fingerprint density at radius 1 is 1.37 bits per heavy atom. The summed E-state index contributed by atoms with van der Waals surface area (Å²) >= 11 is 0. The molecule has 1 aromatic rings. The van der Waals surface area contributed by atoms with E-state index >= 15 is 0 Å². The van der Waals surface area contributed by atoms with Crippen molar-refractivity contribution in [3.63, 3.8) is 0 Å². The summed E-state index contributed by atoms with van der Waals surface area (Å²) in [5.41, 5.74) is 6.39. The molecule has 0 bridgehead atoms. The third-order valence-electron chi connectivity index (χ3n) is 2.64. The van der Waals surface area contributed by atoms with Crippen molar-refractivity contribution in [2.75, 3.05) is 16.6 Å². The minimum atomic E-state index is -3.62. The number of sulfonamides is 1. The summed E-state index contributed by atoms with van der Waals surface area (Å²) in [6.45, 7) is 2.95. The van der Waals surface area contributed by atoms with Crippen LogP contribution >= 0.6 is 0 Å². The van der Waals surface area contributed by atoms with Gasteiger partial charge in [-0.25, -0.2) is 8.42 Å². The first-order valence-corrected chi connectivity index (χ1v) is 7.35. The van der Waals surface area contributed by atoms with Gasteiger partial charge in [-0.15, -0.1) is 0 Å². The summed E-state index contributed by atoms with van der Waals surface area (Å²) in [7, 11) is -3.62. The SMILES string of the molecule is CC(C)S(=O)(=O)N(CCC(=O)O)c1ccccc1N. The van der Waals surface area contributed by atoms with E-state index in [-0.39, 0.29) is 13.0 Å². The van der Waals surface area contributed by atoms with Crippen LogP contribution in [0.3, 0.4) is 0 Å². The highest BCUT2D eigenvalue weighted by molar-refractivity contribution is 7.93. The van der Waals surface area contributed by atoms with Gasteiger partial charge in [0.05, 0.1) is 23.0 Å². The maximum atomic E-state index is 12.3. The van der Waals surface area contributed by atoms with Crippen molar-refractivity contribution in [2.24, 2.45) is 0 Å². The molecule has 0 amide bonds. The van der Waals surface area contributed by atoms with E-state index in [0.717, 1.165) is 4.31 Å². The summed E-state index contributed by atoms with van der Waals surface area (Å²) in [4.78, 5) is 10.7. The normalized spacial score (nSPS) is 11.5. The molecule has 0 aliphatic rings. The van der Waals surface area contributed by atoms with Gasteiger partial charge in [0, 0.05) is 6.54 Å². The smallest absolute Gasteiger partial charge is 0.305 e. The number of nitrogen functional groups attached to an aromatic ring is 1. The lowest BCUT2D eigenvalue weighted by Crippen LogP contribution is -2.38. The highest BCUT2D eigenvalue weighted by Crippen LogP contribution is 2.27. The summed E-state index contributed by atoms with van der Waals surface area (Å²) < 4.78 is 25.6. The molecule has 1 rings (SSSR count). The van der Waals surface area contributed by atoms with Crippen molar-refractivity contribution in [2.45, 2.75) is 25.5 Å². The van der Waals surface area contributed by atoms with Crippen molar-refractivity contribution in [3.05, 3.63) is 24.3 Å². The van der Waals surface area contributed by atoms with Crippen molar-refractivity contribution >= 4 is 27.4 Å². The van der Waals surface area contributed by atoms with Crippen LogP contribution in [0.15, 0.2) is 24.3 Å². The lowest BCUT2D eigenvalue weighted by Gasteiger charge is -2.27. The second-order valence-electron chi connectivity index (χ2n) is 4.37. The fraction of sp³-hybridized carbons (Fsp3) is 0.417. The predicted octanol–water partition coefficient (Wildman–Crippen LogP) is 1.29. The molecule has 0 saturated heterocycles. The number of hydrogen-bond donors (Lipinski definition) is 2. The second kappa shape index (κ2) is 5.92. The quantitative estimate of drug-likeness (QED) is 0.767. The number of carbonyl (C=O) groups is 1. The maximum absolute atomic E-state index is 12.3. The number of nitrogens with zero attached hydrogens (tertiary/aromatic N) is 1. The number of para-hydroxylation sites is 2. The average molecular weight is 286 g/mol. The van der Waals surface area contributed by atoms with Crippen LogP contribution in [0.1, 0.15) is 20.3 Å². The summed E-state index contributed by atoms with van der Waals surface area (Å²) in [5.74, 6) is -1.06. The van der Waals surface area contributed by atoms with Gasteiger partial charge in [-0.05, 0) is 26.0 Å². The summed E-state index contributed by atoms with van der Waals surface area (Å²) in [6, 6.07) is 6.50. The molecular weight excluding hydrogens is 268 g/mol. The number of carboxylic acid groups (broad SMARTS) is 1. The first kappa shape index (κ1) is 15.3. The highest BCUT2D eigenvalue weighted by Gasteiger charge is 2.27. The van der Waals surface area contributed by atoms with Crippen LogP contribution in [0, 0.1) is 0 Å². The van der Waals surface area contributed by atoms with Gasteiger partial charge >= 0.3 is 5.97 Å². The molecule has 0 atom stereocenters. The van der Waals surface area contributed by atoms with E-state index in [2.05, 4.69) is 0 Å². The largest absolute Gasteiger partial charge is 0.481 e. The first-order valence-electron chi connectivity index (χ1n) is 5.84. The zero-order chi connectivity index (χ0) is 14.6. The van der Waals surface area contributed by atoms with Crippen molar-refractivity contribution < 1.29 is 18.3 Å². The zero-order valence-electron chi connectivity index (χ0n) is 10.9. The molecule has 0 aliphatic carbocycles. The summed E-state index contributed by atoms with van der Waals surface area (Å²) in [5, 5.41) is 8.08. The van der Waals surface area contributed by atoms with Gasteiger partial charge in [0.25, 0.3) is 0 Å². The zero-order valence-corrected chi connectivity index (χ0v) is 11.7. The Labute approximate surface area is 112 Å². The van der Waals surface area contributed by atoms with Gasteiger partial charge in [0.2, 0.25) is 10.0 Å². The molecule has 19 heavy (non-hydrogen) atoms. The lowest BCUT2D eigenvalue weighted by atomic mass is 10.2. The lowest BCUT2D eigenvalue weighted by molar-refractivity contribution is -0.136. The van der Waals surface area contributed by atoms with Gasteiger partial charge in [-0.2, -0.15) is 0 Å². The molecule has 3 N–H and O–H groups in total. The Morgan fingerprint density at radius 2 is 1.95 bits per heavy atom. The first-order chi connectivity index (χ1) is 8.76. The highest BCUT2D eigenvalue weighted by atomic mass is 32.2. The van der Waals surface area contributed by atoms with E-state index in [0.29, 0.717) is 11.4 Å². The number of anilines is 2. The topological polar surface area (TPSA) is 101 Å². The molecular formula is C12H18N2O4S. The van der Waals surface area contributed by atoms with Crippen LogP contribution in [-0.2, 0) is 14.8 Å². The molecule has 1 aromatic carbocycles. The Hall–Kier alpha value is -1.76. The van der Waals surface area contributed by atoms with Gasteiger partial charge in [-0.1, -0.05) is 12.1 Å². The number of carboxylic acids is 1. The molecule has 0 aromatic heterocycles. The summed E-state index contributed by atoms with van der Waals surface area (Å²) in [6.07, 6.45) is -0.277. The fourth-order valence-electron chi connectivity index (χ4n) is 1.55. The molecule has 6 nitrogen and oxygen atoms in total. The maximum Gasteiger partial charge on any atom is 0.305 e. The van der Waals surface area contributed by atoms with E-state index in [9.17, 15) is 13.2 Å². The van der Waals surface area contributed by atoms with Gasteiger partial charge < -0.3 is 10.8 Å². The van der Waals surface area contributed by atoms with Crippen LogP contribution in [0.5, 0.6) is 0 Å². The monoisotopic (exact) mass is 286 g/mol. The molecule has 0 spiro atoms. The third-order valence-corrected chi connectivity index (χ3v) is 4.82. The third kappa shape index (κ3) is 3.60. The van der Waals surface area contributed by atoms with Crippen molar-refractivity contribution in [1.29, 1.82) is 0 Å². The Bertz CT molecular complexity index is 555. The van der Waals surface area contributed by atoms with E-state index in [1.807, 2.05) is 0 Å². The fourth-order valence-corrected chi connectivity index (χ4v) is 2.85. The molecule has 106 valence electrons. The van der Waals surface area contributed by atoms with Gasteiger partial charge in [-0.3, -0.25) is 9.10 Å². The molecule has 0 heterocycles. The standard InChI is InChI=1S/C12H18N2O4S/c1-9(2)19(17,18)14(8-7-12(15)16)11-6-4-3-5-10(11)13/h3-6,9H,7-8,13H2,1-2H3,(H,15,16). The van der Waals surface area contributed by atoms with E-state index in [1.165, 1.54) is 0 Å². The van der Waals surface area contributed by atoms with E-state index in [1.54, 1.807) is 38.1 Å². The van der Waals surface area contributed by atoms with E-state index < -0.39 is 21.2 Å². The molecule has 0 saturated carbocycles. The average Bonchev–Trinajstić information content (AvgIpc) is 2.30. The Kier molecular flexibility index (Phi) is 4.77. The van der Waals surface area contributed by atoms with E-state index in [4.69, 9.17) is 10.8 Å². The number of hydrogen-bond acceptors (Lipinski definition) is 4. The van der Waals surface area contributed by atoms with Crippen LogP contribution in [0.4, 0.5) is 11.4 Å². The Morgan fingerprint density at radius 3 is 2.42 bits per heavy atom. The van der Waals surface area contributed by atoms with Crippen LogP contribution in [0.25, 0.3) is 0 Å². The number of rotatable bonds is 6. The molecule has 7 heteroatoms. The number of nitrogens with two attached hydrogens (primary N) is 1. The van der Waals surface area contributed by atoms with Crippen LogP contribution in [0.2, 0.25) is 0 Å². The minimum absolute atomic E-state index is 0.135.